The first-order valence-corrected chi connectivity index (χ1v) is 10.7. The van der Waals surface area contributed by atoms with Gasteiger partial charge in [-0.15, -0.1) is 0 Å². The molecule has 3 heterocycles. The van der Waals surface area contributed by atoms with Gasteiger partial charge in [-0.05, 0) is 12.0 Å². The standard InChI is InChI=1S/C23H24FN5O5/c1-28-21(31)23(10-15-5-3-2-4-6-15)14-29(8-7-19(23)27-28)20(30)18(26-22(32)33)13-34-17-9-16(24)11-25-12-17/h2-6,9,11-12,18,26H,7-8,10,13-14H2,1H3,(H,32,33)/t18-,23-/m1/s1. The van der Waals surface area contributed by atoms with Crippen LogP contribution in [0.1, 0.15) is 12.0 Å². The molecule has 2 aromatic rings. The van der Waals surface area contributed by atoms with Crippen molar-refractivity contribution in [1.82, 2.24) is 20.2 Å². The van der Waals surface area contributed by atoms with Crippen LogP contribution in [0.5, 0.6) is 5.75 Å². The molecular formula is C23H24FN5O5. The summed E-state index contributed by atoms with van der Waals surface area (Å²) in [5.74, 6) is -1.32. The first kappa shape index (κ1) is 23.1. The molecule has 0 saturated carbocycles. The van der Waals surface area contributed by atoms with E-state index in [9.17, 15) is 23.9 Å². The lowest BCUT2D eigenvalue weighted by atomic mass is 9.73. The van der Waals surface area contributed by atoms with Crippen LogP contribution in [0.4, 0.5) is 9.18 Å². The number of hydrogen-bond acceptors (Lipinski definition) is 6. The molecule has 2 aliphatic rings. The van der Waals surface area contributed by atoms with Gasteiger partial charge in [0.2, 0.25) is 5.91 Å². The predicted molar refractivity (Wildman–Crippen MR) is 119 cm³/mol. The molecule has 1 fully saturated rings. The topological polar surface area (TPSA) is 124 Å². The summed E-state index contributed by atoms with van der Waals surface area (Å²) in [5.41, 5.74) is 0.610. The number of fused-ring (bicyclic) bond motifs is 1. The van der Waals surface area contributed by atoms with E-state index in [4.69, 9.17) is 4.74 Å². The predicted octanol–water partition coefficient (Wildman–Crippen LogP) is 1.53. The molecule has 1 saturated heterocycles. The Hall–Kier alpha value is -4.02. The lowest BCUT2D eigenvalue weighted by molar-refractivity contribution is -0.141. The van der Waals surface area contributed by atoms with Crippen LogP contribution in [-0.2, 0) is 16.0 Å². The highest BCUT2D eigenvalue weighted by molar-refractivity contribution is 6.13. The molecule has 4 rings (SSSR count). The number of rotatable bonds is 7. The summed E-state index contributed by atoms with van der Waals surface area (Å²) in [6.07, 6.45) is 1.59. The first-order chi connectivity index (χ1) is 16.3. The normalized spacial score (nSPS) is 20.4. The molecular weight excluding hydrogens is 445 g/mol. The highest BCUT2D eigenvalue weighted by Crippen LogP contribution is 2.38. The fourth-order valence-electron chi connectivity index (χ4n) is 4.41. The molecule has 0 bridgehead atoms. The summed E-state index contributed by atoms with van der Waals surface area (Å²) >= 11 is 0. The monoisotopic (exact) mass is 469 g/mol. The second-order valence-corrected chi connectivity index (χ2v) is 8.28. The first-order valence-electron chi connectivity index (χ1n) is 10.7. The van der Waals surface area contributed by atoms with Crippen molar-refractivity contribution < 1.29 is 28.6 Å². The van der Waals surface area contributed by atoms with Gasteiger partial charge in [-0.25, -0.2) is 14.2 Å². The van der Waals surface area contributed by atoms with Crippen molar-refractivity contribution in [3.63, 3.8) is 0 Å². The third-order valence-corrected chi connectivity index (χ3v) is 5.96. The molecule has 2 atom stereocenters. The number of benzene rings is 1. The fraction of sp³-hybridized carbons (Fsp3) is 0.348. The SMILES string of the molecule is CN1N=C2CCN(C(=O)[C@@H](COc3cncc(F)c3)NC(=O)O)C[C@@]2(Cc2ccccc2)C1=O. The Labute approximate surface area is 195 Å². The molecule has 0 spiro atoms. The van der Waals surface area contributed by atoms with Crippen LogP contribution in [0, 0.1) is 11.2 Å². The Balaban J connectivity index is 1.55. The van der Waals surface area contributed by atoms with Gasteiger partial charge in [0.05, 0.1) is 18.1 Å². The maximum absolute atomic E-state index is 13.4. The number of carbonyl (C=O) groups is 3. The van der Waals surface area contributed by atoms with Crippen molar-refractivity contribution in [2.75, 3.05) is 26.7 Å². The number of nitrogens with zero attached hydrogens (tertiary/aromatic N) is 4. The van der Waals surface area contributed by atoms with Crippen LogP contribution in [0.15, 0.2) is 53.9 Å². The van der Waals surface area contributed by atoms with E-state index in [0.29, 0.717) is 18.6 Å². The van der Waals surface area contributed by atoms with E-state index < -0.39 is 29.3 Å². The average molecular weight is 469 g/mol. The second-order valence-electron chi connectivity index (χ2n) is 8.28. The Kier molecular flexibility index (Phi) is 6.44. The van der Waals surface area contributed by atoms with Gasteiger partial charge < -0.3 is 20.1 Å². The number of pyridine rings is 1. The second kappa shape index (κ2) is 9.46. The number of carboxylic acid groups (broad SMARTS) is 1. The number of ether oxygens (including phenoxy) is 1. The summed E-state index contributed by atoms with van der Waals surface area (Å²) < 4.78 is 18.8. The zero-order valence-corrected chi connectivity index (χ0v) is 18.5. The van der Waals surface area contributed by atoms with Crippen molar-refractivity contribution in [2.24, 2.45) is 10.5 Å². The summed E-state index contributed by atoms with van der Waals surface area (Å²) in [6.45, 7) is -0.0378. The highest BCUT2D eigenvalue weighted by Gasteiger charge is 2.53. The lowest BCUT2D eigenvalue weighted by Crippen LogP contribution is -2.59. The van der Waals surface area contributed by atoms with Crippen LogP contribution in [0.3, 0.4) is 0 Å². The molecule has 0 aliphatic carbocycles. The van der Waals surface area contributed by atoms with E-state index in [0.717, 1.165) is 17.8 Å². The molecule has 11 heteroatoms. The zero-order valence-electron chi connectivity index (χ0n) is 18.5. The van der Waals surface area contributed by atoms with Gasteiger partial charge in [-0.2, -0.15) is 5.10 Å². The van der Waals surface area contributed by atoms with Crippen molar-refractivity contribution in [3.05, 3.63) is 60.2 Å². The number of halogens is 1. The number of piperidine rings is 1. The summed E-state index contributed by atoms with van der Waals surface area (Å²) in [4.78, 5) is 43.1. The maximum atomic E-state index is 13.4. The molecule has 3 amide bonds. The zero-order chi connectivity index (χ0) is 24.3. The molecule has 2 N–H and O–H groups in total. The number of carbonyl (C=O) groups excluding carboxylic acids is 2. The van der Waals surface area contributed by atoms with E-state index >= 15 is 0 Å². The average Bonchev–Trinajstić information content (AvgIpc) is 3.06. The lowest BCUT2D eigenvalue weighted by Gasteiger charge is -2.40. The molecule has 1 aromatic heterocycles. The Morgan fingerprint density at radius 2 is 2.06 bits per heavy atom. The van der Waals surface area contributed by atoms with Gasteiger partial charge in [-0.1, -0.05) is 30.3 Å². The Bertz CT molecular complexity index is 1130. The van der Waals surface area contributed by atoms with Crippen LogP contribution < -0.4 is 10.1 Å². The minimum Gasteiger partial charge on any atom is -0.489 e. The van der Waals surface area contributed by atoms with Gasteiger partial charge in [0.15, 0.2) is 0 Å². The van der Waals surface area contributed by atoms with Crippen molar-refractivity contribution in [2.45, 2.75) is 18.9 Å². The number of likely N-dealkylation sites (tertiary alicyclic amines) is 1. The highest BCUT2D eigenvalue weighted by atomic mass is 19.1. The minimum absolute atomic E-state index is 0.0576. The van der Waals surface area contributed by atoms with Gasteiger partial charge >= 0.3 is 6.09 Å². The largest absolute Gasteiger partial charge is 0.489 e. The number of hydrazone groups is 1. The molecule has 0 radical (unpaired) electrons. The molecule has 1 aromatic carbocycles. The number of aromatic nitrogens is 1. The van der Waals surface area contributed by atoms with E-state index in [1.807, 2.05) is 30.3 Å². The summed E-state index contributed by atoms with van der Waals surface area (Å²) in [5, 5.41) is 17.1. The van der Waals surface area contributed by atoms with Crippen molar-refractivity contribution >= 4 is 23.6 Å². The Morgan fingerprint density at radius 1 is 1.29 bits per heavy atom. The van der Waals surface area contributed by atoms with Gasteiger partial charge in [-0.3, -0.25) is 14.6 Å². The van der Waals surface area contributed by atoms with Gasteiger partial charge in [0, 0.05) is 32.6 Å². The van der Waals surface area contributed by atoms with E-state index in [2.05, 4.69) is 15.4 Å². The number of hydrogen-bond donors (Lipinski definition) is 2. The van der Waals surface area contributed by atoms with E-state index in [1.54, 1.807) is 7.05 Å². The van der Waals surface area contributed by atoms with Crippen LogP contribution in [0.2, 0.25) is 0 Å². The summed E-state index contributed by atoms with van der Waals surface area (Å²) in [6, 6.07) is 9.28. The molecule has 34 heavy (non-hydrogen) atoms. The maximum Gasteiger partial charge on any atom is 0.405 e. The molecule has 0 unspecified atom stereocenters. The fourth-order valence-corrected chi connectivity index (χ4v) is 4.41. The third kappa shape index (κ3) is 4.68. The van der Waals surface area contributed by atoms with E-state index in [-0.39, 0.29) is 31.4 Å². The van der Waals surface area contributed by atoms with Crippen molar-refractivity contribution in [3.8, 4) is 5.75 Å². The van der Waals surface area contributed by atoms with Crippen LogP contribution >= 0.6 is 0 Å². The van der Waals surface area contributed by atoms with E-state index in [1.165, 1.54) is 16.1 Å². The number of nitrogens with one attached hydrogen (secondary N) is 1. The van der Waals surface area contributed by atoms with Crippen LogP contribution in [0.25, 0.3) is 0 Å². The molecule has 178 valence electrons. The summed E-state index contributed by atoms with van der Waals surface area (Å²) in [7, 11) is 1.59. The third-order valence-electron chi connectivity index (χ3n) is 5.96. The van der Waals surface area contributed by atoms with Crippen molar-refractivity contribution in [1.29, 1.82) is 0 Å². The minimum atomic E-state index is -1.41. The quantitative estimate of drug-likeness (QED) is 0.634. The number of amides is 3. The van der Waals surface area contributed by atoms with Gasteiger partial charge in [0.25, 0.3) is 5.91 Å². The smallest absolute Gasteiger partial charge is 0.405 e. The Morgan fingerprint density at radius 3 is 2.76 bits per heavy atom. The molecule has 2 aliphatic heterocycles. The molecule has 10 nitrogen and oxygen atoms in total. The van der Waals surface area contributed by atoms with Crippen LogP contribution in [-0.4, -0.2) is 76.4 Å². The van der Waals surface area contributed by atoms with Gasteiger partial charge in [0.1, 0.15) is 29.6 Å².